The molecule has 0 amide bonds. The lowest BCUT2D eigenvalue weighted by Gasteiger charge is -2.04. The maximum Gasteiger partial charge on any atom is 0.151 e. The minimum atomic E-state index is -2.82. The lowest BCUT2D eigenvalue weighted by molar-refractivity contribution is 0.194. The lowest BCUT2D eigenvalue weighted by atomic mass is 10.4. The molecule has 0 saturated heterocycles. The van der Waals surface area contributed by atoms with Crippen molar-refractivity contribution < 1.29 is 13.2 Å². The number of rotatable bonds is 9. The third-order valence-electron chi connectivity index (χ3n) is 1.81. The predicted octanol–water partition coefficient (Wildman–Crippen LogP) is 0.437. The standard InChI is InChI=1S/C9H21NO3S/c1-3-8-14(11,12)9-6-10-5-4-7-13-2/h10H,3-9H2,1-2H3. The SMILES string of the molecule is CCCS(=O)(=O)CCNCCCOC. The molecule has 4 nitrogen and oxygen atoms in total. The van der Waals surface area contributed by atoms with Crippen LogP contribution in [0.25, 0.3) is 0 Å². The molecule has 0 saturated carbocycles. The molecular formula is C9H21NO3S. The second kappa shape index (κ2) is 8.20. The molecule has 0 spiro atoms. The summed E-state index contributed by atoms with van der Waals surface area (Å²) in [6.45, 7) is 3.96. The number of methoxy groups -OCH3 is 1. The maximum absolute atomic E-state index is 11.3. The average molecular weight is 223 g/mol. The normalized spacial score (nSPS) is 11.9. The van der Waals surface area contributed by atoms with Gasteiger partial charge in [0.15, 0.2) is 9.84 Å². The molecule has 0 rings (SSSR count). The first-order valence-corrected chi connectivity index (χ1v) is 6.84. The maximum atomic E-state index is 11.3. The molecule has 86 valence electrons. The molecule has 1 N–H and O–H groups in total. The Labute approximate surface area is 86.9 Å². The Morgan fingerprint density at radius 2 is 1.93 bits per heavy atom. The van der Waals surface area contributed by atoms with Crippen LogP contribution in [0.15, 0.2) is 0 Å². The molecular weight excluding hydrogens is 202 g/mol. The van der Waals surface area contributed by atoms with Crippen LogP contribution >= 0.6 is 0 Å². The van der Waals surface area contributed by atoms with E-state index in [1.807, 2.05) is 6.92 Å². The highest BCUT2D eigenvalue weighted by molar-refractivity contribution is 7.91. The predicted molar refractivity (Wildman–Crippen MR) is 58.3 cm³/mol. The van der Waals surface area contributed by atoms with Crippen LogP contribution in [0.5, 0.6) is 0 Å². The Morgan fingerprint density at radius 3 is 2.50 bits per heavy atom. The van der Waals surface area contributed by atoms with Crippen LogP contribution in [0, 0.1) is 0 Å². The van der Waals surface area contributed by atoms with Gasteiger partial charge in [0.25, 0.3) is 0 Å². The van der Waals surface area contributed by atoms with E-state index in [2.05, 4.69) is 5.32 Å². The van der Waals surface area contributed by atoms with Crippen molar-refractivity contribution in [2.75, 3.05) is 38.3 Å². The summed E-state index contributed by atoms with van der Waals surface area (Å²) in [5, 5.41) is 3.08. The Morgan fingerprint density at radius 1 is 1.21 bits per heavy atom. The lowest BCUT2D eigenvalue weighted by Crippen LogP contribution is -2.25. The molecule has 14 heavy (non-hydrogen) atoms. The van der Waals surface area contributed by atoms with Crippen molar-refractivity contribution in [1.82, 2.24) is 5.32 Å². The highest BCUT2D eigenvalue weighted by atomic mass is 32.2. The van der Waals surface area contributed by atoms with Crippen molar-refractivity contribution in [3.05, 3.63) is 0 Å². The number of nitrogens with one attached hydrogen (secondary N) is 1. The summed E-state index contributed by atoms with van der Waals surface area (Å²) >= 11 is 0. The average Bonchev–Trinajstić information content (AvgIpc) is 2.11. The second-order valence-electron chi connectivity index (χ2n) is 3.25. The molecule has 5 heteroatoms. The summed E-state index contributed by atoms with van der Waals surface area (Å²) < 4.78 is 27.4. The summed E-state index contributed by atoms with van der Waals surface area (Å²) in [4.78, 5) is 0. The fraction of sp³-hybridized carbons (Fsp3) is 1.00. The van der Waals surface area contributed by atoms with Crippen molar-refractivity contribution in [3.63, 3.8) is 0 Å². The van der Waals surface area contributed by atoms with Gasteiger partial charge in [-0.3, -0.25) is 0 Å². The topological polar surface area (TPSA) is 55.4 Å². The van der Waals surface area contributed by atoms with Gasteiger partial charge in [-0.2, -0.15) is 0 Å². The van der Waals surface area contributed by atoms with Gasteiger partial charge in [0.2, 0.25) is 0 Å². The summed E-state index contributed by atoms with van der Waals surface area (Å²) in [6.07, 6.45) is 1.62. The first-order valence-electron chi connectivity index (χ1n) is 5.02. The monoisotopic (exact) mass is 223 g/mol. The Hall–Kier alpha value is -0.130. The number of ether oxygens (including phenoxy) is 1. The largest absolute Gasteiger partial charge is 0.385 e. The van der Waals surface area contributed by atoms with Gasteiger partial charge in [0, 0.05) is 26.0 Å². The minimum Gasteiger partial charge on any atom is -0.385 e. The fourth-order valence-electron chi connectivity index (χ4n) is 1.11. The minimum absolute atomic E-state index is 0.244. The molecule has 0 aliphatic rings. The van der Waals surface area contributed by atoms with Crippen molar-refractivity contribution in [2.24, 2.45) is 0 Å². The van der Waals surface area contributed by atoms with E-state index >= 15 is 0 Å². The first kappa shape index (κ1) is 13.9. The number of sulfone groups is 1. The molecule has 0 radical (unpaired) electrons. The zero-order chi connectivity index (χ0) is 10.9. The fourth-order valence-corrected chi connectivity index (χ4v) is 2.39. The molecule has 0 aromatic heterocycles. The van der Waals surface area contributed by atoms with E-state index in [0.717, 1.165) is 13.0 Å². The van der Waals surface area contributed by atoms with Crippen LogP contribution in [0.1, 0.15) is 19.8 Å². The van der Waals surface area contributed by atoms with Crippen LogP contribution in [-0.4, -0.2) is 46.7 Å². The van der Waals surface area contributed by atoms with Crippen molar-refractivity contribution in [3.8, 4) is 0 Å². The third-order valence-corrected chi connectivity index (χ3v) is 3.66. The molecule has 0 aromatic rings. The van der Waals surface area contributed by atoms with Gasteiger partial charge in [-0.15, -0.1) is 0 Å². The van der Waals surface area contributed by atoms with E-state index < -0.39 is 9.84 Å². The van der Waals surface area contributed by atoms with E-state index in [4.69, 9.17) is 4.74 Å². The first-order chi connectivity index (χ1) is 6.62. The number of hydrogen-bond acceptors (Lipinski definition) is 4. The molecule has 0 atom stereocenters. The van der Waals surface area contributed by atoms with Gasteiger partial charge in [-0.1, -0.05) is 6.92 Å². The Kier molecular flexibility index (Phi) is 8.12. The Balaban J connectivity index is 3.35. The smallest absolute Gasteiger partial charge is 0.151 e. The van der Waals surface area contributed by atoms with Gasteiger partial charge in [0.05, 0.1) is 5.75 Å². The third kappa shape index (κ3) is 8.47. The van der Waals surface area contributed by atoms with Crippen molar-refractivity contribution in [2.45, 2.75) is 19.8 Å². The zero-order valence-electron chi connectivity index (χ0n) is 9.08. The molecule has 0 aliphatic heterocycles. The zero-order valence-corrected chi connectivity index (χ0v) is 9.90. The highest BCUT2D eigenvalue weighted by Gasteiger charge is 2.07. The van der Waals surface area contributed by atoms with Gasteiger partial charge >= 0.3 is 0 Å². The van der Waals surface area contributed by atoms with E-state index in [-0.39, 0.29) is 5.75 Å². The van der Waals surface area contributed by atoms with Gasteiger partial charge in [-0.05, 0) is 19.4 Å². The van der Waals surface area contributed by atoms with Crippen LogP contribution in [0.3, 0.4) is 0 Å². The van der Waals surface area contributed by atoms with E-state index in [1.165, 1.54) is 0 Å². The molecule has 0 heterocycles. The quantitative estimate of drug-likeness (QED) is 0.576. The molecule has 0 bridgehead atoms. The summed E-state index contributed by atoms with van der Waals surface area (Å²) in [5.41, 5.74) is 0. The van der Waals surface area contributed by atoms with Gasteiger partial charge < -0.3 is 10.1 Å². The van der Waals surface area contributed by atoms with E-state index in [9.17, 15) is 8.42 Å². The second-order valence-corrected chi connectivity index (χ2v) is 5.55. The summed E-state index contributed by atoms with van der Waals surface area (Å²) in [5.74, 6) is 0.542. The van der Waals surface area contributed by atoms with Crippen LogP contribution in [-0.2, 0) is 14.6 Å². The van der Waals surface area contributed by atoms with Crippen molar-refractivity contribution in [1.29, 1.82) is 0 Å². The molecule has 0 fully saturated rings. The molecule has 0 aromatic carbocycles. The van der Waals surface area contributed by atoms with Crippen LogP contribution < -0.4 is 5.32 Å². The molecule has 0 unspecified atom stereocenters. The van der Waals surface area contributed by atoms with Crippen molar-refractivity contribution >= 4 is 9.84 Å². The van der Waals surface area contributed by atoms with Crippen LogP contribution in [0.4, 0.5) is 0 Å². The number of hydrogen-bond donors (Lipinski definition) is 1. The Bertz CT molecular complexity index is 214. The highest BCUT2D eigenvalue weighted by Crippen LogP contribution is 1.92. The van der Waals surface area contributed by atoms with Gasteiger partial charge in [-0.25, -0.2) is 8.42 Å². The van der Waals surface area contributed by atoms with E-state index in [1.54, 1.807) is 7.11 Å². The van der Waals surface area contributed by atoms with Crippen LogP contribution in [0.2, 0.25) is 0 Å². The molecule has 0 aliphatic carbocycles. The van der Waals surface area contributed by atoms with Gasteiger partial charge in [0.1, 0.15) is 0 Å². The summed E-state index contributed by atoms with van der Waals surface area (Å²) in [7, 11) is -1.16. The van der Waals surface area contributed by atoms with E-state index in [0.29, 0.717) is 25.3 Å². The summed E-state index contributed by atoms with van der Waals surface area (Å²) in [6, 6.07) is 0.